The molecule has 0 radical (unpaired) electrons. The first-order valence-electron chi connectivity index (χ1n) is 8.25. The Morgan fingerprint density at radius 1 is 1.15 bits per heavy atom. The molecule has 1 aliphatic carbocycles. The van der Waals surface area contributed by atoms with Gasteiger partial charge in [0, 0.05) is 19.1 Å². The summed E-state index contributed by atoms with van der Waals surface area (Å²) in [6, 6.07) is 10.1. The highest BCUT2D eigenvalue weighted by Crippen LogP contribution is 2.22. The van der Waals surface area contributed by atoms with E-state index in [9.17, 15) is 0 Å². The van der Waals surface area contributed by atoms with E-state index < -0.39 is 0 Å². The van der Waals surface area contributed by atoms with Crippen LogP contribution in [0.4, 0.5) is 0 Å². The Balaban J connectivity index is 1.45. The van der Waals surface area contributed by atoms with E-state index in [1.54, 1.807) is 0 Å². The van der Waals surface area contributed by atoms with E-state index in [1.807, 2.05) is 0 Å². The first-order chi connectivity index (χ1) is 9.70. The Hall–Kier alpha value is -0.860. The molecule has 2 heteroatoms. The number of benzene rings is 1. The maximum Gasteiger partial charge on any atom is 0.0233 e. The minimum Gasteiger partial charge on any atom is -0.314 e. The average molecular weight is 272 g/mol. The third-order valence-electron chi connectivity index (χ3n) is 4.70. The van der Waals surface area contributed by atoms with E-state index in [4.69, 9.17) is 0 Å². The SMILES string of the molecule is CC(C)c1ccc(CN2CCC(CNC3CC3)C2)cc1. The predicted octanol–water partition coefficient (Wildman–Crippen LogP) is 3.38. The van der Waals surface area contributed by atoms with E-state index in [2.05, 4.69) is 48.3 Å². The van der Waals surface area contributed by atoms with Crippen molar-refractivity contribution in [3.8, 4) is 0 Å². The maximum atomic E-state index is 3.68. The molecular formula is C18H28N2. The highest BCUT2D eigenvalue weighted by atomic mass is 15.1. The van der Waals surface area contributed by atoms with Gasteiger partial charge in [-0.15, -0.1) is 0 Å². The van der Waals surface area contributed by atoms with Crippen molar-refractivity contribution < 1.29 is 0 Å². The predicted molar refractivity (Wildman–Crippen MR) is 84.9 cm³/mol. The zero-order valence-electron chi connectivity index (χ0n) is 12.9. The van der Waals surface area contributed by atoms with Crippen LogP contribution in [0.1, 0.15) is 50.2 Å². The van der Waals surface area contributed by atoms with Gasteiger partial charge in [0.15, 0.2) is 0 Å². The number of nitrogens with one attached hydrogen (secondary N) is 1. The molecule has 2 fully saturated rings. The van der Waals surface area contributed by atoms with Crippen molar-refractivity contribution in [1.82, 2.24) is 10.2 Å². The van der Waals surface area contributed by atoms with Gasteiger partial charge in [0.05, 0.1) is 0 Å². The van der Waals surface area contributed by atoms with Gasteiger partial charge in [-0.25, -0.2) is 0 Å². The molecule has 1 aromatic carbocycles. The summed E-state index contributed by atoms with van der Waals surface area (Å²) in [7, 11) is 0. The van der Waals surface area contributed by atoms with Gasteiger partial charge in [-0.3, -0.25) is 4.90 Å². The highest BCUT2D eigenvalue weighted by Gasteiger charge is 2.26. The molecule has 2 nitrogen and oxygen atoms in total. The fourth-order valence-electron chi connectivity index (χ4n) is 3.11. The summed E-state index contributed by atoms with van der Waals surface area (Å²) < 4.78 is 0. The van der Waals surface area contributed by atoms with E-state index in [-0.39, 0.29) is 0 Å². The van der Waals surface area contributed by atoms with E-state index >= 15 is 0 Å². The minimum absolute atomic E-state index is 0.633. The molecule has 3 rings (SSSR count). The molecule has 0 spiro atoms. The van der Waals surface area contributed by atoms with Crippen LogP contribution in [0, 0.1) is 5.92 Å². The lowest BCUT2D eigenvalue weighted by Crippen LogP contribution is -2.27. The summed E-state index contributed by atoms with van der Waals surface area (Å²) in [4.78, 5) is 2.61. The third-order valence-corrected chi connectivity index (χ3v) is 4.70. The molecule has 1 heterocycles. The molecule has 2 aliphatic rings. The lowest BCUT2D eigenvalue weighted by Gasteiger charge is -2.17. The summed E-state index contributed by atoms with van der Waals surface area (Å²) in [6.07, 6.45) is 4.17. The summed E-state index contributed by atoms with van der Waals surface area (Å²) in [5.74, 6) is 1.50. The van der Waals surface area contributed by atoms with Crippen LogP contribution in [0.3, 0.4) is 0 Å². The fraction of sp³-hybridized carbons (Fsp3) is 0.667. The van der Waals surface area contributed by atoms with Crippen LogP contribution in [0.15, 0.2) is 24.3 Å². The second-order valence-corrected chi connectivity index (χ2v) is 6.97. The molecule has 1 unspecified atom stereocenters. The van der Waals surface area contributed by atoms with Crippen LogP contribution in [0.2, 0.25) is 0 Å². The number of nitrogens with zero attached hydrogens (tertiary/aromatic N) is 1. The lowest BCUT2D eigenvalue weighted by atomic mass is 10.0. The van der Waals surface area contributed by atoms with E-state index in [1.165, 1.54) is 50.0 Å². The van der Waals surface area contributed by atoms with Crippen molar-refractivity contribution >= 4 is 0 Å². The van der Waals surface area contributed by atoms with Crippen LogP contribution in [0.25, 0.3) is 0 Å². The van der Waals surface area contributed by atoms with Gasteiger partial charge < -0.3 is 5.32 Å². The molecule has 0 amide bonds. The maximum absolute atomic E-state index is 3.68. The molecule has 1 aliphatic heterocycles. The monoisotopic (exact) mass is 272 g/mol. The number of rotatable bonds is 6. The molecule has 1 saturated heterocycles. The van der Waals surface area contributed by atoms with Crippen molar-refractivity contribution in [2.24, 2.45) is 5.92 Å². The van der Waals surface area contributed by atoms with Gasteiger partial charge in [0.25, 0.3) is 0 Å². The van der Waals surface area contributed by atoms with E-state index in [0.29, 0.717) is 5.92 Å². The second kappa shape index (κ2) is 6.28. The molecule has 20 heavy (non-hydrogen) atoms. The van der Waals surface area contributed by atoms with Gasteiger partial charge in [0.1, 0.15) is 0 Å². The highest BCUT2D eigenvalue weighted by molar-refractivity contribution is 5.24. The van der Waals surface area contributed by atoms with Crippen molar-refractivity contribution in [2.45, 2.75) is 51.6 Å². The average Bonchev–Trinajstić information content (AvgIpc) is 3.17. The number of likely N-dealkylation sites (tertiary alicyclic amines) is 1. The summed E-state index contributed by atoms with van der Waals surface area (Å²) >= 11 is 0. The van der Waals surface area contributed by atoms with Gasteiger partial charge in [-0.1, -0.05) is 38.1 Å². The van der Waals surface area contributed by atoms with Crippen molar-refractivity contribution in [1.29, 1.82) is 0 Å². The van der Waals surface area contributed by atoms with Gasteiger partial charge >= 0.3 is 0 Å². The zero-order valence-corrected chi connectivity index (χ0v) is 12.9. The van der Waals surface area contributed by atoms with Crippen molar-refractivity contribution in [2.75, 3.05) is 19.6 Å². The van der Waals surface area contributed by atoms with Crippen LogP contribution >= 0.6 is 0 Å². The standard InChI is InChI=1S/C18H28N2/c1-14(2)17-5-3-15(4-6-17)12-20-10-9-16(13-20)11-19-18-7-8-18/h3-6,14,16,18-19H,7-13H2,1-2H3. The Labute approximate surface area is 123 Å². The fourth-order valence-corrected chi connectivity index (χ4v) is 3.11. The molecule has 0 bridgehead atoms. The molecule has 1 aromatic rings. The third kappa shape index (κ3) is 3.83. The van der Waals surface area contributed by atoms with Crippen molar-refractivity contribution in [3.63, 3.8) is 0 Å². The lowest BCUT2D eigenvalue weighted by molar-refractivity contribution is 0.314. The van der Waals surface area contributed by atoms with Gasteiger partial charge in [0.2, 0.25) is 0 Å². The Morgan fingerprint density at radius 3 is 2.55 bits per heavy atom. The first kappa shape index (κ1) is 14.1. The minimum atomic E-state index is 0.633. The van der Waals surface area contributed by atoms with Gasteiger partial charge in [-0.2, -0.15) is 0 Å². The quantitative estimate of drug-likeness (QED) is 0.854. The Kier molecular flexibility index (Phi) is 4.42. The topological polar surface area (TPSA) is 15.3 Å². The largest absolute Gasteiger partial charge is 0.314 e. The number of hydrogen-bond donors (Lipinski definition) is 1. The van der Waals surface area contributed by atoms with Crippen molar-refractivity contribution in [3.05, 3.63) is 35.4 Å². The summed E-state index contributed by atoms with van der Waals surface area (Å²) in [5.41, 5.74) is 2.91. The number of hydrogen-bond acceptors (Lipinski definition) is 2. The smallest absolute Gasteiger partial charge is 0.0233 e. The molecule has 0 aromatic heterocycles. The van der Waals surface area contributed by atoms with Crippen LogP contribution < -0.4 is 5.32 Å². The summed E-state index contributed by atoms with van der Waals surface area (Å²) in [6.45, 7) is 9.40. The normalized spacial score (nSPS) is 23.6. The molecule has 1 N–H and O–H groups in total. The second-order valence-electron chi connectivity index (χ2n) is 6.97. The molecule has 110 valence electrons. The zero-order chi connectivity index (χ0) is 13.9. The first-order valence-corrected chi connectivity index (χ1v) is 8.25. The van der Waals surface area contributed by atoms with Crippen LogP contribution in [-0.2, 0) is 6.54 Å². The van der Waals surface area contributed by atoms with Crippen LogP contribution in [-0.4, -0.2) is 30.6 Å². The van der Waals surface area contributed by atoms with Gasteiger partial charge in [-0.05, 0) is 55.3 Å². The Morgan fingerprint density at radius 2 is 1.90 bits per heavy atom. The Bertz CT molecular complexity index is 420. The molecule has 1 atom stereocenters. The van der Waals surface area contributed by atoms with Crippen LogP contribution in [0.5, 0.6) is 0 Å². The molecule has 1 saturated carbocycles. The molecular weight excluding hydrogens is 244 g/mol. The van der Waals surface area contributed by atoms with E-state index in [0.717, 1.165) is 18.5 Å². The summed E-state index contributed by atoms with van der Waals surface area (Å²) in [5, 5.41) is 3.68.